The highest BCUT2D eigenvalue weighted by molar-refractivity contribution is 8.26. The summed E-state index contributed by atoms with van der Waals surface area (Å²) in [7, 11) is 0. The number of carbonyl (C=O) groups is 2. The molecule has 0 radical (unpaired) electrons. The summed E-state index contributed by atoms with van der Waals surface area (Å²) in [5.74, 6) is 0.0180. The van der Waals surface area contributed by atoms with Crippen LogP contribution in [0.3, 0.4) is 0 Å². The number of benzene rings is 3. The number of halogens is 2. The van der Waals surface area contributed by atoms with Crippen molar-refractivity contribution in [1.82, 2.24) is 4.90 Å². The fourth-order valence-corrected chi connectivity index (χ4v) is 5.18. The van der Waals surface area contributed by atoms with Gasteiger partial charge in [-0.05, 0) is 54.5 Å². The van der Waals surface area contributed by atoms with E-state index in [1.807, 2.05) is 43.3 Å². The van der Waals surface area contributed by atoms with Crippen molar-refractivity contribution in [3.05, 3.63) is 98.9 Å². The lowest BCUT2D eigenvalue weighted by Gasteiger charge is -2.23. The van der Waals surface area contributed by atoms with Crippen LogP contribution in [0.4, 0.5) is 5.69 Å². The molecule has 1 saturated heterocycles. The molecule has 1 aliphatic heterocycles. The van der Waals surface area contributed by atoms with Gasteiger partial charge in [-0.2, -0.15) is 0 Å². The first-order valence-electron chi connectivity index (χ1n) is 10.6. The number of hydrogen-bond donors (Lipinski definition) is 1. The highest BCUT2D eigenvalue weighted by atomic mass is 35.5. The standard InChI is InChI=1S/C26H20Cl2N2O3S2/c1-16(18-7-3-2-4-8-18)30-25(32)23(35-26(30)34)13-17-6-5-9-20(12-17)33-15-24(31)29-19-10-11-21(27)22(28)14-19/h2-14,16H,15H2,1H3,(H,29,31)/b23-13-/t16-/m0/s1. The molecule has 9 heteroatoms. The van der Waals surface area contributed by atoms with E-state index in [1.54, 1.807) is 47.4 Å². The number of thioether (sulfide) groups is 1. The van der Waals surface area contributed by atoms with E-state index in [0.29, 0.717) is 30.7 Å². The number of nitrogens with one attached hydrogen (secondary N) is 1. The molecule has 0 spiro atoms. The van der Waals surface area contributed by atoms with E-state index in [-0.39, 0.29) is 24.5 Å². The topological polar surface area (TPSA) is 58.6 Å². The summed E-state index contributed by atoms with van der Waals surface area (Å²) in [6.07, 6.45) is 1.78. The van der Waals surface area contributed by atoms with Gasteiger partial charge in [-0.3, -0.25) is 14.5 Å². The van der Waals surface area contributed by atoms with Gasteiger partial charge in [0, 0.05) is 5.69 Å². The average molecular weight is 543 g/mol. The van der Waals surface area contributed by atoms with E-state index in [9.17, 15) is 9.59 Å². The molecule has 0 aliphatic carbocycles. The minimum atomic E-state index is -0.343. The van der Waals surface area contributed by atoms with E-state index in [0.717, 1.165) is 11.1 Å². The highest BCUT2D eigenvalue weighted by Crippen LogP contribution is 2.38. The fraction of sp³-hybridized carbons (Fsp3) is 0.115. The summed E-state index contributed by atoms with van der Waals surface area (Å²) < 4.78 is 6.15. The van der Waals surface area contributed by atoms with Gasteiger partial charge in [0.2, 0.25) is 0 Å². The Morgan fingerprint density at radius 2 is 1.86 bits per heavy atom. The summed E-state index contributed by atoms with van der Waals surface area (Å²) in [6.45, 7) is 1.76. The summed E-state index contributed by atoms with van der Waals surface area (Å²) in [6, 6.07) is 21.6. The molecule has 1 fully saturated rings. The second-order valence-electron chi connectivity index (χ2n) is 7.68. The minimum Gasteiger partial charge on any atom is -0.484 e. The second-order valence-corrected chi connectivity index (χ2v) is 10.2. The van der Waals surface area contributed by atoms with Gasteiger partial charge in [0.25, 0.3) is 11.8 Å². The number of carbonyl (C=O) groups excluding carboxylic acids is 2. The Hall–Kier alpha value is -2.84. The zero-order valence-electron chi connectivity index (χ0n) is 18.5. The van der Waals surface area contributed by atoms with Gasteiger partial charge in [0.1, 0.15) is 10.1 Å². The Balaban J connectivity index is 1.40. The van der Waals surface area contributed by atoms with E-state index in [1.165, 1.54) is 11.8 Å². The normalized spacial score (nSPS) is 15.4. The predicted octanol–water partition coefficient (Wildman–Crippen LogP) is 6.97. The molecule has 4 rings (SSSR count). The third-order valence-corrected chi connectivity index (χ3v) is 7.29. The molecule has 0 saturated carbocycles. The smallest absolute Gasteiger partial charge is 0.266 e. The van der Waals surface area contributed by atoms with Crippen LogP contribution in [0.25, 0.3) is 6.08 Å². The molecule has 1 aliphatic rings. The van der Waals surface area contributed by atoms with Crippen molar-refractivity contribution in [2.24, 2.45) is 0 Å². The van der Waals surface area contributed by atoms with Crippen LogP contribution in [0.2, 0.25) is 10.0 Å². The first kappa shape index (κ1) is 25.3. The molecule has 178 valence electrons. The number of anilines is 1. The lowest BCUT2D eigenvalue weighted by molar-refractivity contribution is -0.123. The largest absolute Gasteiger partial charge is 0.484 e. The van der Waals surface area contributed by atoms with Crippen molar-refractivity contribution in [2.45, 2.75) is 13.0 Å². The Bertz CT molecular complexity index is 1310. The molecule has 5 nitrogen and oxygen atoms in total. The molecule has 35 heavy (non-hydrogen) atoms. The quantitative estimate of drug-likeness (QED) is 0.258. The first-order valence-corrected chi connectivity index (χ1v) is 12.6. The predicted molar refractivity (Wildman–Crippen MR) is 147 cm³/mol. The Labute approximate surface area is 223 Å². The number of rotatable bonds is 7. The molecule has 0 bridgehead atoms. The molecule has 0 aromatic heterocycles. The van der Waals surface area contributed by atoms with Gasteiger partial charge in [-0.15, -0.1) is 0 Å². The highest BCUT2D eigenvalue weighted by Gasteiger charge is 2.35. The average Bonchev–Trinajstić information content (AvgIpc) is 3.13. The summed E-state index contributed by atoms with van der Waals surface area (Å²) in [5.41, 5.74) is 2.30. The zero-order chi connectivity index (χ0) is 24.9. The molecule has 2 amide bonds. The Kier molecular flexibility index (Phi) is 8.13. The van der Waals surface area contributed by atoms with Crippen LogP contribution in [0.5, 0.6) is 5.75 Å². The molecular weight excluding hydrogens is 523 g/mol. The number of amides is 2. The zero-order valence-corrected chi connectivity index (χ0v) is 21.7. The summed E-state index contributed by atoms with van der Waals surface area (Å²) in [5, 5.41) is 3.46. The molecule has 3 aromatic rings. The van der Waals surface area contributed by atoms with Gasteiger partial charge >= 0.3 is 0 Å². The van der Waals surface area contributed by atoms with E-state index in [4.69, 9.17) is 40.2 Å². The molecule has 3 aromatic carbocycles. The maximum Gasteiger partial charge on any atom is 0.266 e. The maximum absolute atomic E-state index is 13.1. The van der Waals surface area contributed by atoms with E-state index in [2.05, 4.69) is 5.32 Å². The van der Waals surface area contributed by atoms with Crippen LogP contribution in [0.15, 0.2) is 77.7 Å². The fourth-order valence-electron chi connectivity index (χ4n) is 3.46. The third kappa shape index (κ3) is 6.24. The molecule has 1 atom stereocenters. The van der Waals surface area contributed by atoms with Crippen molar-refractivity contribution in [3.63, 3.8) is 0 Å². The van der Waals surface area contributed by atoms with Gasteiger partial charge in [-0.1, -0.05) is 89.6 Å². The van der Waals surface area contributed by atoms with Gasteiger partial charge in [-0.25, -0.2) is 0 Å². The van der Waals surface area contributed by atoms with Gasteiger partial charge in [0.15, 0.2) is 6.61 Å². The molecule has 1 N–H and O–H groups in total. The van der Waals surface area contributed by atoms with Crippen molar-refractivity contribution < 1.29 is 14.3 Å². The maximum atomic E-state index is 13.1. The number of hydrogen-bond acceptors (Lipinski definition) is 5. The minimum absolute atomic E-state index is 0.135. The Morgan fingerprint density at radius 3 is 2.60 bits per heavy atom. The lowest BCUT2D eigenvalue weighted by Crippen LogP contribution is -2.30. The molecule has 0 unspecified atom stereocenters. The van der Waals surface area contributed by atoms with Crippen molar-refractivity contribution in [1.29, 1.82) is 0 Å². The Morgan fingerprint density at radius 1 is 1.09 bits per heavy atom. The van der Waals surface area contributed by atoms with Crippen LogP contribution in [0, 0.1) is 0 Å². The molecule has 1 heterocycles. The van der Waals surface area contributed by atoms with Gasteiger partial charge in [0.05, 0.1) is 21.0 Å². The number of ether oxygens (including phenoxy) is 1. The van der Waals surface area contributed by atoms with Gasteiger partial charge < -0.3 is 10.1 Å². The summed E-state index contributed by atoms with van der Waals surface area (Å²) in [4.78, 5) is 27.5. The summed E-state index contributed by atoms with van der Waals surface area (Å²) >= 11 is 18.6. The number of thiocarbonyl (C=S) groups is 1. The lowest BCUT2D eigenvalue weighted by atomic mass is 10.1. The second kappa shape index (κ2) is 11.3. The molecular formula is C26H20Cl2N2O3S2. The monoisotopic (exact) mass is 542 g/mol. The SMILES string of the molecule is C[C@@H](c1ccccc1)N1C(=O)/C(=C/c2cccc(OCC(=O)Nc3ccc(Cl)c(Cl)c3)c2)SC1=S. The van der Waals surface area contributed by atoms with Crippen molar-refractivity contribution in [2.75, 3.05) is 11.9 Å². The van der Waals surface area contributed by atoms with Crippen molar-refractivity contribution in [3.8, 4) is 5.75 Å². The first-order chi connectivity index (χ1) is 16.8. The van der Waals surface area contributed by atoms with E-state index < -0.39 is 0 Å². The van der Waals surface area contributed by atoms with Crippen LogP contribution in [-0.4, -0.2) is 27.6 Å². The van der Waals surface area contributed by atoms with E-state index >= 15 is 0 Å². The third-order valence-electron chi connectivity index (χ3n) is 5.22. The van der Waals surface area contributed by atoms with Crippen LogP contribution >= 0.6 is 47.2 Å². The van der Waals surface area contributed by atoms with Crippen LogP contribution in [-0.2, 0) is 9.59 Å². The van der Waals surface area contributed by atoms with Crippen LogP contribution < -0.4 is 10.1 Å². The van der Waals surface area contributed by atoms with Crippen LogP contribution in [0.1, 0.15) is 24.1 Å². The van der Waals surface area contributed by atoms with Crippen molar-refractivity contribution >= 4 is 75.1 Å². The number of nitrogens with zero attached hydrogens (tertiary/aromatic N) is 1.